The average molecular weight is 453 g/mol. The monoisotopic (exact) mass is 452 g/mol. The van der Waals surface area contributed by atoms with E-state index in [1.54, 1.807) is 21.3 Å². The lowest BCUT2D eigenvalue weighted by Gasteiger charge is -2.36. The Kier molecular flexibility index (Phi) is 9.15. The molecule has 9 nitrogen and oxygen atoms in total. The fourth-order valence-electron chi connectivity index (χ4n) is 4.00. The van der Waals surface area contributed by atoms with E-state index < -0.39 is 6.10 Å². The summed E-state index contributed by atoms with van der Waals surface area (Å²) < 4.78 is 22.4. The van der Waals surface area contributed by atoms with Crippen molar-refractivity contribution in [3.05, 3.63) is 17.7 Å². The highest BCUT2D eigenvalue weighted by atomic mass is 16.5. The first-order valence-corrected chi connectivity index (χ1v) is 10.8. The van der Waals surface area contributed by atoms with Crippen molar-refractivity contribution >= 4 is 11.9 Å². The number of nitrogens with zero attached hydrogens (tertiary/aromatic N) is 3. The van der Waals surface area contributed by atoms with Crippen LogP contribution in [0, 0.1) is 0 Å². The predicted octanol–water partition coefficient (Wildman–Crippen LogP) is 1.38. The Hall–Kier alpha value is -2.52. The standard InChI is InChI=1S/C23H38N3O6/c1-17(27)32-19(16-26(2,3)4)14-21(28)25-12-10-24(11-13-25)15-18-8-9-20(29-5)23(31-7)22(18)30-6/h8-9,19H,10-16H2,1-7H3/q+1. The molecule has 1 aliphatic rings. The number of carbonyl (C=O) groups excluding carboxylic acids is 2. The molecule has 0 spiro atoms. The number of esters is 1. The number of amides is 1. The van der Waals surface area contributed by atoms with Crippen LogP contribution in [0.25, 0.3) is 0 Å². The second-order valence-electron chi connectivity index (χ2n) is 9.06. The molecule has 32 heavy (non-hydrogen) atoms. The molecule has 1 unspecified atom stereocenters. The maximum absolute atomic E-state index is 12.9. The van der Waals surface area contributed by atoms with Gasteiger partial charge in [0.05, 0.1) is 48.9 Å². The summed E-state index contributed by atoms with van der Waals surface area (Å²) in [7, 11) is 10.9. The van der Waals surface area contributed by atoms with Crippen molar-refractivity contribution in [2.24, 2.45) is 0 Å². The lowest BCUT2D eigenvalue weighted by atomic mass is 10.1. The van der Waals surface area contributed by atoms with Gasteiger partial charge in [0.2, 0.25) is 11.7 Å². The number of ether oxygens (including phenoxy) is 4. The van der Waals surface area contributed by atoms with Crippen molar-refractivity contribution in [3.63, 3.8) is 0 Å². The molecule has 1 aromatic rings. The van der Waals surface area contributed by atoms with Gasteiger partial charge in [0.1, 0.15) is 6.54 Å². The summed E-state index contributed by atoms with van der Waals surface area (Å²) in [5, 5.41) is 0. The molecule has 180 valence electrons. The van der Waals surface area contributed by atoms with Crippen molar-refractivity contribution in [1.82, 2.24) is 9.80 Å². The molecule has 0 bridgehead atoms. The Labute approximate surface area is 191 Å². The highest BCUT2D eigenvalue weighted by Gasteiger charge is 2.28. The molecule has 0 aliphatic carbocycles. The number of piperazine rings is 1. The van der Waals surface area contributed by atoms with Gasteiger partial charge in [-0.3, -0.25) is 14.5 Å². The molecule has 0 radical (unpaired) electrons. The quantitative estimate of drug-likeness (QED) is 0.392. The minimum atomic E-state index is -0.422. The van der Waals surface area contributed by atoms with E-state index in [-0.39, 0.29) is 18.3 Å². The Morgan fingerprint density at radius 3 is 2.09 bits per heavy atom. The van der Waals surface area contributed by atoms with Crippen molar-refractivity contribution in [1.29, 1.82) is 0 Å². The van der Waals surface area contributed by atoms with Crippen molar-refractivity contribution in [2.45, 2.75) is 26.0 Å². The van der Waals surface area contributed by atoms with E-state index in [0.717, 1.165) is 18.7 Å². The zero-order valence-corrected chi connectivity index (χ0v) is 20.5. The van der Waals surface area contributed by atoms with E-state index in [4.69, 9.17) is 18.9 Å². The van der Waals surface area contributed by atoms with E-state index in [9.17, 15) is 9.59 Å². The third-order valence-corrected chi connectivity index (χ3v) is 5.39. The summed E-state index contributed by atoms with van der Waals surface area (Å²) >= 11 is 0. The van der Waals surface area contributed by atoms with Crippen LogP contribution in [0.3, 0.4) is 0 Å². The molecule has 0 saturated carbocycles. The predicted molar refractivity (Wildman–Crippen MR) is 121 cm³/mol. The zero-order chi connectivity index (χ0) is 23.9. The Morgan fingerprint density at radius 2 is 1.59 bits per heavy atom. The maximum Gasteiger partial charge on any atom is 0.303 e. The summed E-state index contributed by atoms with van der Waals surface area (Å²) in [6.45, 7) is 5.41. The third-order valence-electron chi connectivity index (χ3n) is 5.39. The molecule has 0 aromatic heterocycles. The van der Waals surface area contributed by atoms with Gasteiger partial charge in [0.25, 0.3) is 0 Å². The summed E-state index contributed by atoms with van der Waals surface area (Å²) in [6, 6.07) is 3.85. The Bertz CT molecular complexity index is 785. The number of benzene rings is 1. The number of rotatable bonds is 10. The van der Waals surface area contributed by atoms with Crippen LogP contribution >= 0.6 is 0 Å². The number of carbonyl (C=O) groups is 2. The van der Waals surface area contributed by atoms with Crippen LogP contribution in [0.4, 0.5) is 0 Å². The molecule has 1 aliphatic heterocycles. The maximum atomic E-state index is 12.9. The van der Waals surface area contributed by atoms with Crippen molar-refractivity contribution in [2.75, 3.05) is 75.2 Å². The van der Waals surface area contributed by atoms with E-state index >= 15 is 0 Å². The molecular formula is C23H38N3O6+. The second kappa shape index (κ2) is 11.4. The van der Waals surface area contributed by atoms with E-state index in [1.807, 2.05) is 38.2 Å². The summed E-state index contributed by atoms with van der Waals surface area (Å²) in [5.41, 5.74) is 1.00. The van der Waals surface area contributed by atoms with Crippen LogP contribution in [0.1, 0.15) is 18.9 Å². The molecule has 1 fully saturated rings. The Morgan fingerprint density at radius 1 is 0.969 bits per heavy atom. The van der Waals surface area contributed by atoms with Crippen molar-refractivity contribution < 1.29 is 33.0 Å². The number of likely N-dealkylation sites (N-methyl/N-ethyl adjacent to an activating group) is 1. The van der Waals surface area contributed by atoms with E-state index in [0.29, 0.717) is 47.9 Å². The van der Waals surface area contributed by atoms with Gasteiger partial charge >= 0.3 is 5.97 Å². The minimum Gasteiger partial charge on any atom is -0.493 e. The number of methoxy groups -OCH3 is 3. The second-order valence-corrected chi connectivity index (χ2v) is 9.06. The van der Waals surface area contributed by atoms with Crippen LogP contribution in [0.5, 0.6) is 17.2 Å². The molecule has 1 saturated heterocycles. The molecule has 1 amide bonds. The summed E-state index contributed by atoms with van der Waals surface area (Å²) in [5.74, 6) is 1.53. The van der Waals surface area contributed by atoms with Crippen LogP contribution in [0.15, 0.2) is 12.1 Å². The van der Waals surface area contributed by atoms with Gasteiger partial charge in [0, 0.05) is 45.2 Å². The van der Waals surface area contributed by atoms with Crippen LogP contribution < -0.4 is 14.2 Å². The first kappa shape index (κ1) is 25.7. The van der Waals surface area contributed by atoms with Crippen LogP contribution in [0.2, 0.25) is 0 Å². The van der Waals surface area contributed by atoms with Gasteiger partial charge < -0.3 is 28.3 Å². The molecule has 9 heteroatoms. The fourth-order valence-corrected chi connectivity index (χ4v) is 4.00. The third kappa shape index (κ3) is 7.27. The van der Waals surface area contributed by atoms with Gasteiger partial charge in [-0.2, -0.15) is 0 Å². The SMILES string of the molecule is COc1ccc(CN2CCN(C(=O)CC(C[N+](C)(C)C)OC(C)=O)CC2)c(OC)c1OC. The van der Waals surface area contributed by atoms with Crippen LogP contribution in [-0.2, 0) is 20.9 Å². The van der Waals surface area contributed by atoms with Gasteiger partial charge in [-0.05, 0) is 6.07 Å². The van der Waals surface area contributed by atoms with Gasteiger partial charge in [-0.25, -0.2) is 0 Å². The fraction of sp³-hybridized carbons (Fsp3) is 0.652. The topological polar surface area (TPSA) is 77.5 Å². The normalized spacial score (nSPS) is 15.8. The highest BCUT2D eigenvalue weighted by molar-refractivity contribution is 5.77. The number of quaternary nitrogens is 1. The van der Waals surface area contributed by atoms with Crippen molar-refractivity contribution in [3.8, 4) is 17.2 Å². The van der Waals surface area contributed by atoms with Crippen LogP contribution in [-0.4, -0.2) is 107 Å². The average Bonchev–Trinajstić information content (AvgIpc) is 2.71. The van der Waals surface area contributed by atoms with Gasteiger partial charge in [-0.1, -0.05) is 6.07 Å². The van der Waals surface area contributed by atoms with Gasteiger partial charge in [-0.15, -0.1) is 0 Å². The summed E-state index contributed by atoms with van der Waals surface area (Å²) in [6.07, 6.45) is -0.215. The lowest BCUT2D eigenvalue weighted by molar-refractivity contribution is -0.873. The minimum absolute atomic E-state index is 0.0213. The molecule has 1 heterocycles. The molecule has 1 aromatic carbocycles. The first-order valence-electron chi connectivity index (χ1n) is 10.8. The molecule has 0 N–H and O–H groups in total. The molecular weight excluding hydrogens is 414 g/mol. The molecule has 2 rings (SSSR count). The van der Waals surface area contributed by atoms with E-state index in [1.165, 1.54) is 6.92 Å². The largest absolute Gasteiger partial charge is 0.493 e. The highest BCUT2D eigenvalue weighted by Crippen LogP contribution is 2.40. The molecule has 1 atom stereocenters. The number of hydrogen-bond acceptors (Lipinski definition) is 7. The van der Waals surface area contributed by atoms with E-state index in [2.05, 4.69) is 4.90 Å². The number of hydrogen-bond donors (Lipinski definition) is 0. The first-order chi connectivity index (χ1) is 15.1. The zero-order valence-electron chi connectivity index (χ0n) is 20.5. The summed E-state index contributed by atoms with van der Waals surface area (Å²) in [4.78, 5) is 28.5. The van der Waals surface area contributed by atoms with Gasteiger partial charge in [0.15, 0.2) is 17.6 Å². The lowest BCUT2D eigenvalue weighted by Crippen LogP contribution is -2.50. The Balaban J connectivity index is 1.97. The smallest absolute Gasteiger partial charge is 0.303 e.